The molecular formula is C21H37N4O+. The van der Waals surface area contributed by atoms with Crippen molar-refractivity contribution in [1.29, 1.82) is 0 Å². The third-order valence-corrected chi connectivity index (χ3v) is 6.49. The van der Waals surface area contributed by atoms with Gasteiger partial charge in [0.2, 0.25) is 5.91 Å². The van der Waals surface area contributed by atoms with Crippen molar-refractivity contribution < 1.29 is 9.69 Å². The topological polar surface area (TPSA) is 42.6 Å². The Labute approximate surface area is 158 Å². The van der Waals surface area contributed by atoms with Gasteiger partial charge in [-0.1, -0.05) is 25.7 Å². The lowest BCUT2D eigenvalue weighted by Crippen LogP contribution is -3.14. The highest BCUT2D eigenvalue weighted by atomic mass is 16.2. The van der Waals surface area contributed by atoms with E-state index in [1.54, 1.807) is 4.90 Å². The molecular weight excluding hydrogens is 324 g/mol. The van der Waals surface area contributed by atoms with Crippen molar-refractivity contribution in [2.45, 2.75) is 77.8 Å². The number of aryl methyl sites for hydroxylation is 2. The molecule has 0 spiro atoms. The van der Waals surface area contributed by atoms with Gasteiger partial charge in [0.15, 0.2) is 0 Å². The van der Waals surface area contributed by atoms with Crippen molar-refractivity contribution in [3.8, 4) is 0 Å². The van der Waals surface area contributed by atoms with Crippen LogP contribution in [0.25, 0.3) is 0 Å². The van der Waals surface area contributed by atoms with Gasteiger partial charge in [-0.2, -0.15) is 5.10 Å². The summed E-state index contributed by atoms with van der Waals surface area (Å²) in [6.07, 6.45) is 9.72. The lowest BCUT2D eigenvalue weighted by molar-refractivity contribution is -0.909. The van der Waals surface area contributed by atoms with E-state index in [2.05, 4.69) is 23.0 Å². The van der Waals surface area contributed by atoms with E-state index >= 15 is 0 Å². The third kappa shape index (κ3) is 4.67. The second-order valence-electron chi connectivity index (χ2n) is 8.41. The average molecular weight is 362 g/mol. The number of hydrogen-bond donors (Lipinski definition) is 1. The minimum Gasteiger partial charge on any atom is -0.331 e. The summed E-state index contributed by atoms with van der Waals surface area (Å²) in [6, 6.07) is 2.73. The SMILES string of the molecule is CC[NH+]1CCC[C@H]1CN(Cc1cc(C)nn1C)C(=O)C1CCCCCC1. The maximum Gasteiger partial charge on any atom is 0.226 e. The zero-order valence-electron chi connectivity index (χ0n) is 17.0. The monoisotopic (exact) mass is 361 g/mol. The molecule has 146 valence electrons. The van der Waals surface area contributed by atoms with Gasteiger partial charge in [0.05, 0.1) is 37.6 Å². The van der Waals surface area contributed by atoms with Gasteiger partial charge in [-0.25, -0.2) is 0 Å². The first-order valence-electron chi connectivity index (χ1n) is 10.7. The molecule has 1 aromatic rings. The number of amides is 1. The standard InChI is InChI=1S/C21H36N4O/c1-4-24-13-9-12-19(24)15-25(16-20-14-17(2)22-23(20)3)21(26)18-10-7-5-6-8-11-18/h14,18-19H,4-13,15-16H2,1-3H3/p+1/t19-/m0/s1. The van der Waals surface area contributed by atoms with Gasteiger partial charge in [0.25, 0.3) is 0 Å². The summed E-state index contributed by atoms with van der Waals surface area (Å²) < 4.78 is 1.95. The van der Waals surface area contributed by atoms with Crippen LogP contribution >= 0.6 is 0 Å². The predicted molar refractivity (Wildman–Crippen MR) is 104 cm³/mol. The van der Waals surface area contributed by atoms with Crippen LogP contribution < -0.4 is 4.90 Å². The van der Waals surface area contributed by atoms with Gasteiger partial charge in [-0.15, -0.1) is 0 Å². The van der Waals surface area contributed by atoms with Crippen LogP contribution in [0.5, 0.6) is 0 Å². The van der Waals surface area contributed by atoms with E-state index in [-0.39, 0.29) is 5.92 Å². The molecule has 0 bridgehead atoms. The quantitative estimate of drug-likeness (QED) is 0.789. The van der Waals surface area contributed by atoms with Gasteiger partial charge < -0.3 is 9.80 Å². The first-order chi connectivity index (χ1) is 12.6. The summed E-state index contributed by atoms with van der Waals surface area (Å²) >= 11 is 0. The van der Waals surface area contributed by atoms with E-state index in [0.29, 0.717) is 18.5 Å². The number of rotatable bonds is 6. The van der Waals surface area contributed by atoms with Gasteiger partial charge >= 0.3 is 0 Å². The van der Waals surface area contributed by atoms with E-state index in [1.165, 1.54) is 51.6 Å². The molecule has 1 saturated heterocycles. The fraction of sp³-hybridized carbons (Fsp3) is 0.810. The van der Waals surface area contributed by atoms with Crippen LogP contribution in [0, 0.1) is 12.8 Å². The Kier molecular flexibility index (Phi) is 6.74. The molecule has 1 saturated carbocycles. The molecule has 2 aliphatic rings. The van der Waals surface area contributed by atoms with E-state index < -0.39 is 0 Å². The van der Waals surface area contributed by atoms with Crippen LogP contribution in [0.15, 0.2) is 6.07 Å². The van der Waals surface area contributed by atoms with Gasteiger partial charge in [-0.3, -0.25) is 9.48 Å². The van der Waals surface area contributed by atoms with Crippen molar-refractivity contribution >= 4 is 5.91 Å². The van der Waals surface area contributed by atoms with Crippen molar-refractivity contribution in [2.75, 3.05) is 19.6 Å². The van der Waals surface area contributed by atoms with E-state index in [0.717, 1.165) is 30.8 Å². The predicted octanol–water partition coefficient (Wildman–Crippen LogP) is 2.09. The number of aromatic nitrogens is 2. The fourth-order valence-electron chi connectivity index (χ4n) is 4.96. The largest absolute Gasteiger partial charge is 0.331 e. The highest BCUT2D eigenvalue weighted by molar-refractivity contribution is 5.78. The number of nitrogens with one attached hydrogen (secondary N) is 1. The van der Waals surface area contributed by atoms with E-state index in [4.69, 9.17) is 0 Å². The second kappa shape index (κ2) is 9.03. The van der Waals surface area contributed by atoms with Crippen LogP contribution in [-0.2, 0) is 18.4 Å². The first-order valence-corrected chi connectivity index (χ1v) is 10.7. The Morgan fingerprint density at radius 1 is 1.23 bits per heavy atom. The molecule has 26 heavy (non-hydrogen) atoms. The maximum atomic E-state index is 13.4. The highest BCUT2D eigenvalue weighted by Gasteiger charge is 2.33. The number of carbonyl (C=O) groups excluding carboxylic acids is 1. The molecule has 1 aliphatic heterocycles. The Balaban J connectivity index is 1.75. The number of likely N-dealkylation sites (tertiary alicyclic amines) is 1. The van der Waals surface area contributed by atoms with Crippen molar-refractivity contribution in [2.24, 2.45) is 13.0 Å². The molecule has 1 amide bonds. The van der Waals surface area contributed by atoms with Crippen molar-refractivity contribution in [1.82, 2.24) is 14.7 Å². The lowest BCUT2D eigenvalue weighted by Gasteiger charge is -2.31. The molecule has 5 heteroatoms. The summed E-state index contributed by atoms with van der Waals surface area (Å²) in [4.78, 5) is 17.3. The molecule has 3 rings (SSSR count). The summed E-state index contributed by atoms with van der Waals surface area (Å²) in [5.74, 6) is 0.631. The molecule has 5 nitrogen and oxygen atoms in total. The van der Waals surface area contributed by atoms with Crippen LogP contribution in [0.1, 0.15) is 69.7 Å². The molecule has 1 aliphatic carbocycles. The molecule has 1 unspecified atom stereocenters. The average Bonchev–Trinajstić information content (AvgIpc) is 3.08. The summed E-state index contributed by atoms with van der Waals surface area (Å²) in [5.41, 5.74) is 2.19. The molecule has 0 radical (unpaired) electrons. The Hall–Kier alpha value is -1.36. The van der Waals surface area contributed by atoms with Crippen LogP contribution in [0.3, 0.4) is 0 Å². The van der Waals surface area contributed by atoms with Gasteiger partial charge in [-0.05, 0) is 32.8 Å². The second-order valence-corrected chi connectivity index (χ2v) is 8.41. The normalized spacial score (nSPS) is 24.6. The molecule has 2 atom stereocenters. The van der Waals surface area contributed by atoms with Crippen molar-refractivity contribution in [3.05, 3.63) is 17.5 Å². The number of likely N-dealkylation sites (N-methyl/N-ethyl adjacent to an activating group) is 1. The van der Waals surface area contributed by atoms with E-state index in [1.807, 2.05) is 18.7 Å². The Bertz CT molecular complexity index is 589. The minimum absolute atomic E-state index is 0.235. The van der Waals surface area contributed by atoms with Gasteiger partial charge in [0, 0.05) is 25.8 Å². The van der Waals surface area contributed by atoms with Crippen molar-refractivity contribution in [3.63, 3.8) is 0 Å². The molecule has 1 N–H and O–H groups in total. The zero-order chi connectivity index (χ0) is 18.5. The van der Waals surface area contributed by atoms with Crippen LogP contribution in [0.4, 0.5) is 0 Å². The highest BCUT2D eigenvalue weighted by Crippen LogP contribution is 2.25. The number of quaternary nitrogens is 1. The summed E-state index contributed by atoms with van der Waals surface area (Å²) in [7, 11) is 2.00. The Morgan fingerprint density at radius 3 is 2.58 bits per heavy atom. The van der Waals surface area contributed by atoms with Gasteiger partial charge in [0.1, 0.15) is 6.04 Å². The molecule has 1 aromatic heterocycles. The molecule has 2 heterocycles. The Morgan fingerprint density at radius 2 is 1.96 bits per heavy atom. The summed E-state index contributed by atoms with van der Waals surface area (Å²) in [6.45, 7) is 8.35. The minimum atomic E-state index is 0.235. The fourth-order valence-corrected chi connectivity index (χ4v) is 4.96. The van der Waals surface area contributed by atoms with Crippen LogP contribution in [0.2, 0.25) is 0 Å². The summed E-state index contributed by atoms with van der Waals surface area (Å²) in [5, 5.41) is 4.49. The molecule has 0 aromatic carbocycles. The first kappa shape index (κ1) is 19.4. The number of carbonyl (C=O) groups is 1. The number of nitrogens with zero attached hydrogens (tertiary/aromatic N) is 3. The zero-order valence-corrected chi connectivity index (χ0v) is 17.0. The van der Waals surface area contributed by atoms with E-state index in [9.17, 15) is 4.79 Å². The molecule has 2 fully saturated rings. The maximum absolute atomic E-state index is 13.4. The smallest absolute Gasteiger partial charge is 0.226 e. The third-order valence-electron chi connectivity index (χ3n) is 6.49. The van der Waals surface area contributed by atoms with Crippen LogP contribution in [-0.4, -0.2) is 46.3 Å². The lowest BCUT2D eigenvalue weighted by atomic mass is 9.98. The number of hydrogen-bond acceptors (Lipinski definition) is 2.